The van der Waals surface area contributed by atoms with Gasteiger partial charge in [0.2, 0.25) is 5.89 Å². The highest BCUT2D eigenvalue weighted by Gasteiger charge is 2.24. The second-order valence-corrected chi connectivity index (χ2v) is 7.08. The molecule has 0 amide bonds. The van der Waals surface area contributed by atoms with Crippen LogP contribution in [0.3, 0.4) is 0 Å². The number of ether oxygens (including phenoxy) is 1. The molecule has 0 aliphatic carbocycles. The van der Waals surface area contributed by atoms with Crippen molar-refractivity contribution < 1.29 is 18.3 Å². The van der Waals surface area contributed by atoms with Crippen molar-refractivity contribution in [1.82, 2.24) is 10.2 Å². The van der Waals surface area contributed by atoms with E-state index in [-0.39, 0.29) is 11.7 Å². The molecule has 0 aliphatic heterocycles. The quantitative estimate of drug-likeness (QED) is 0.447. The molecule has 1 atom stereocenters. The summed E-state index contributed by atoms with van der Waals surface area (Å²) in [6, 6.07) is 14.1. The van der Waals surface area contributed by atoms with Crippen LogP contribution in [-0.4, -0.2) is 16.2 Å². The van der Waals surface area contributed by atoms with Gasteiger partial charge in [0.25, 0.3) is 5.89 Å². The van der Waals surface area contributed by atoms with Gasteiger partial charge in [-0.25, -0.2) is 9.18 Å². The van der Waals surface area contributed by atoms with Gasteiger partial charge in [0.05, 0.1) is 0 Å². The van der Waals surface area contributed by atoms with Crippen LogP contribution in [0.2, 0.25) is 0 Å². The summed E-state index contributed by atoms with van der Waals surface area (Å²) in [4.78, 5) is 12.9. The lowest BCUT2D eigenvalue weighted by molar-refractivity contribution is 0.0285. The van der Waals surface area contributed by atoms with Gasteiger partial charge in [0.15, 0.2) is 6.10 Å². The molecule has 2 aromatic heterocycles. The molecule has 2 aromatic carbocycles. The average molecular weight is 382 g/mol. The van der Waals surface area contributed by atoms with Crippen LogP contribution in [0, 0.1) is 12.7 Å². The third-order valence-electron chi connectivity index (χ3n) is 4.18. The Morgan fingerprint density at radius 3 is 2.67 bits per heavy atom. The van der Waals surface area contributed by atoms with Gasteiger partial charge < -0.3 is 9.15 Å². The zero-order chi connectivity index (χ0) is 19.0. The van der Waals surface area contributed by atoms with E-state index in [1.54, 1.807) is 26.0 Å². The van der Waals surface area contributed by atoms with Crippen molar-refractivity contribution in [3.63, 3.8) is 0 Å². The highest BCUT2D eigenvalue weighted by Crippen LogP contribution is 2.34. The fourth-order valence-electron chi connectivity index (χ4n) is 2.81. The largest absolute Gasteiger partial charge is 0.448 e. The summed E-state index contributed by atoms with van der Waals surface area (Å²) in [5, 5.41) is 8.41. The minimum atomic E-state index is -0.725. The first kappa shape index (κ1) is 17.4. The predicted molar refractivity (Wildman–Crippen MR) is 100 cm³/mol. The van der Waals surface area contributed by atoms with Crippen molar-refractivity contribution in [2.75, 3.05) is 0 Å². The van der Waals surface area contributed by atoms with Crippen LogP contribution in [0.1, 0.15) is 34.2 Å². The summed E-state index contributed by atoms with van der Waals surface area (Å²) in [5.41, 5.74) is 1.35. The summed E-state index contributed by atoms with van der Waals surface area (Å²) in [6.45, 7) is 3.37. The van der Waals surface area contributed by atoms with Gasteiger partial charge in [-0.3, -0.25) is 0 Å². The van der Waals surface area contributed by atoms with Gasteiger partial charge >= 0.3 is 5.97 Å². The van der Waals surface area contributed by atoms with E-state index in [1.807, 2.05) is 30.3 Å². The zero-order valence-electron chi connectivity index (χ0n) is 14.6. The zero-order valence-corrected chi connectivity index (χ0v) is 15.4. The summed E-state index contributed by atoms with van der Waals surface area (Å²) in [7, 11) is 0. The molecule has 7 heteroatoms. The highest BCUT2D eigenvalue weighted by molar-refractivity contribution is 7.21. The number of nitrogens with zero attached hydrogens (tertiary/aromatic N) is 2. The lowest BCUT2D eigenvalue weighted by Gasteiger charge is -2.08. The van der Waals surface area contributed by atoms with Gasteiger partial charge in [-0.1, -0.05) is 24.3 Å². The highest BCUT2D eigenvalue weighted by atomic mass is 32.1. The maximum atomic E-state index is 14.0. The summed E-state index contributed by atoms with van der Waals surface area (Å²) >= 11 is 1.20. The molecule has 4 rings (SSSR count). The number of carbonyl (C=O) groups excluding carboxylic acids is 1. The number of aromatic nitrogens is 2. The molecule has 0 fully saturated rings. The van der Waals surface area contributed by atoms with Crippen molar-refractivity contribution in [3.05, 3.63) is 70.7 Å². The molecule has 0 bridgehead atoms. The van der Waals surface area contributed by atoms with Crippen LogP contribution in [0.4, 0.5) is 4.39 Å². The molecular weight excluding hydrogens is 367 g/mol. The van der Waals surface area contributed by atoms with E-state index in [9.17, 15) is 9.18 Å². The second kappa shape index (κ2) is 6.92. The SMILES string of the molecule is Cc1c(C(=O)OC(C)c2nnc(-c3ccccc3)o2)sc2cccc(F)c12. The van der Waals surface area contributed by atoms with E-state index in [0.29, 0.717) is 26.4 Å². The molecule has 27 heavy (non-hydrogen) atoms. The monoisotopic (exact) mass is 382 g/mol. The first-order valence-corrected chi connectivity index (χ1v) is 9.13. The van der Waals surface area contributed by atoms with Crippen molar-refractivity contribution >= 4 is 27.4 Å². The van der Waals surface area contributed by atoms with Gasteiger partial charge in [-0.15, -0.1) is 21.5 Å². The van der Waals surface area contributed by atoms with Crippen molar-refractivity contribution in [2.45, 2.75) is 20.0 Å². The number of thiophene rings is 1. The molecule has 4 aromatic rings. The summed E-state index contributed by atoms with van der Waals surface area (Å²) in [5.74, 6) is -0.335. The number of aryl methyl sites for hydroxylation is 1. The Kier molecular flexibility index (Phi) is 4.45. The number of rotatable bonds is 4. The topological polar surface area (TPSA) is 65.2 Å². The number of halogens is 1. The number of esters is 1. The van der Waals surface area contributed by atoms with Crippen LogP contribution in [0.5, 0.6) is 0 Å². The van der Waals surface area contributed by atoms with Crippen LogP contribution < -0.4 is 0 Å². The Balaban J connectivity index is 1.56. The summed E-state index contributed by atoms with van der Waals surface area (Å²) in [6.07, 6.45) is -0.725. The predicted octanol–water partition coefficient (Wildman–Crippen LogP) is 5.32. The van der Waals surface area contributed by atoms with Gasteiger partial charge in [-0.05, 0) is 43.7 Å². The first-order valence-electron chi connectivity index (χ1n) is 8.32. The van der Waals surface area contributed by atoms with E-state index in [2.05, 4.69) is 10.2 Å². The maximum Gasteiger partial charge on any atom is 0.349 e. The van der Waals surface area contributed by atoms with E-state index < -0.39 is 12.1 Å². The second-order valence-electron chi connectivity index (χ2n) is 6.03. The third-order valence-corrected chi connectivity index (χ3v) is 5.42. The van der Waals surface area contributed by atoms with Gasteiger partial charge in [0.1, 0.15) is 10.7 Å². The molecule has 0 N–H and O–H groups in total. The Bertz CT molecular complexity index is 1120. The number of benzene rings is 2. The van der Waals surface area contributed by atoms with Crippen molar-refractivity contribution in [2.24, 2.45) is 0 Å². The fourth-order valence-corrected chi connectivity index (χ4v) is 3.91. The Labute approximate surface area is 158 Å². The minimum Gasteiger partial charge on any atom is -0.448 e. The molecule has 5 nitrogen and oxygen atoms in total. The maximum absolute atomic E-state index is 14.0. The van der Waals surface area contributed by atoms with Crippen LogP contribution in [0.25, 0.3) is 21.5 Å². The normalized spacial score (nSPS) is 12.3. The molecular formula is C20H15FN2O3S. The number of hydrogen-bond acceptors (Lipinski definition) is 6. The third kappa shape index (κ3) is 3.21. The lowest BCUT2D eigenvalue weighted by atomic mass is 10.1. The number of carbonyl (C=O) groups is 1. The minimum absolute atomic E-state index is 0.201. The van der Waals surface area contributed by atoms with E-state index >= 15 is 0 Å². The van der Waals surface area contributed by atoms with Crippen LogP contribution >= 0.6 is 11.3 Å². The molecule has 0 radical (unpaired) electrons. The molecule has 136 valence electrons. The first-order chi connectivity index (χ1) is 13.0. The molecule has 0 spiro atoms. The fraction of sp³-hybridized carbons (Fsp3) is 0.150. The van der Waals surface area contributed by atoms with Crippen LogP contribution in [0.15, 0.2) is 52.9 Å². The van der Waals surface area contributed by atoms with E-state index in [1.165, 1.54) is 17.4 Å². The number of fused-ring (bicyclic) bond motifs is 1. The van der Waals surface area contributed by atoms with E-state index in [4.69, 9.17) is 9.15 Å². The average Bonchev–Trinajstić information content (AvgIpc) is 3.28. The Morgan fingerprint density at radius 2 is 1.93 bits per heavy atom. The van der Waals surface area contributed by atoms with Gasteiger partial charge in [0, 0.05) is 15.6 Å². The standard InChI is InChI=1S/C20H15FN2O3S/c1-11-16-14(21)9-6-10-15(16)27-17(11)20(24)25-12(2)18-22-23-19(26-18)13-7-4-3-5-8-13/h3-10,12H,1-2H3. The van der Waals surface area contributed by atoms with Crippen molar-refractivity contribution in [3.8, 4) is 11.5 Å². The van der Waals surface area contributed by atoms with Crippen molar-refractivity contribution in [1.29, 1.82) is 0 Å². The van der Waals surface area contributed by atoms with Gasteiger partial charge in [-0.2, -0.15) is 0 Å². The number of hydrogen-bond donors (Lipinski definition) is 0. The Morgan fingerprint density at radius 1 is 1.15 bits per heavy atom. The molecule has 0 aliphatic rings. The summed E-state index contributed by atoms with van der Waals surface area (Å²) < 4.78 is 25.8. The molecule has 0 saturated heterocycles. The lowest BCUT2D eigenvalue weighted by Crippen LogP contribution is -2.09. The smallest absolute Gasteiger partial charge is 0.349 e. The van der Waals surface area contributed by atoms with Crippen LogP contribution in [-0.2, 0) is 4.74 Å². The van der Waals surface area contributed by atoms with E-state index in [0.717, 1.165) is 5.56 Å². The Hall–Kier alpha value is -3.06. The molecule has 1 unspecified atom stereocenters. The molecule has 2 heterocycles. The molecule has 0 saturated carbocycles.